The molecule has 1 N–H and O–H groups in total. The predicted octanol–water partition coefficient (Wildman–Crippen LogP) is 3.60. The SMILES string of the molecule is CN(Cc1ccc(C#N)c(Cl)c1)C(=O)CN1CNC2CCC(C3CCN(C(=O)C4CC(Cl)C4)CC3)CC2C1=O. The number of alkyl halides is 1. The number of benzene rings is 1. The van der Waals surface area contributed by atoms with E-state index >= 15 is 0 Å². The zero-order chi connectivity index (χ0) is 27.7. The molecule has 3 amide bonds. The van der Waals surface area contributed by atoms with Gasteiger partial charge < -0.3 is 14.7 Å². The molecule has 0 aromatic heterocycles. The fraction of sp³-hybridized carbons (Fsp3) is 0.655. The summed E-state index contributed by atoms with van der Waals surface area (Å²) >= 11 is 12.2. The van der Waals surface area contributed by atoms with Crippen LogP contribution in [0.1, 0.15) is 56.1 Å². The van der Waals surface area contributed by atoms with Crippen LogP contribution in [-0.4, -0.2) is 77.2 Å². The van der Waals surface area contributed by atoms with Crippen LogP contribution in [0.2, 0.25) is 5.02 Å². The molecule has 2 aliphatic carbocycles. The highest BCUT2D eigenvalue weighted by molar-refractivity contribution is 6.31. The van der Waals surface area contributed by atoms with Crippen LogP contribution in [0.15, 0.2) is 18.2 Å². The number of nitriles is 1. The van der Waals surface area contributed by atoms with Gasteiger partial charge in [0.25, 0.3) is 0 Å². The summed E-state index contributed by atoms with van der Waals surface area (Å²) in [4.78, 5) is 44.5. The van der Waals surface area contributed by atoms with Gasteiger partial charge in [0, 0.05) is 44.0 Å². The molecule has 0 spiro atoms. The van der Waals surface area contributed by atoms with Crippen molar-refractivity contribution in [2.24, 2.45) is 23.7 Å². The van der Waals surface area contributed by atoms with Crippen LogP contribution in [0.25, 0.3) is 0 Å². The second-order valence-electron chi connectivity index (χ2n) is 11.8. The molecule has 4 aliphatic rings. The standard InChI is InChI=1S/C29H37Cl2N5O3/c1-34(15-18-2-3-21(14-32)25(31)10-18)27(37)16-36-17-33-26-5-4-20(13-24(26)29(36)39)19-6-8-35(9-7-19)28(38)22-11-23(30)12-22/h2-3,10,19-20,22-24,26,33H,4-9,11-13,15-17H2,1H3. The number of nitrogens with zero attached hydrogens (tertiary/aromatic N) is 4. The van der Waals surface area contributed by atoms with Gasteiger partial charge in [0.1, 0.15) is 12.6 Å². The van der Waals surface area contributed by atoms with E-state index in [0.29, 0.717) is 35.6 Å². The second-order valence-corrected chi connectivity index (χ2v) is 12.8. The van der Waals surface area contributed by atoms with E-state index in [4.69, 9.17) is 28.5 Å². The summed E-state index contributed by atoms with van der Waals surface area (Å²) in [6, 6.07) is 7.35. The van der Waals surface area contributed by atoms with Crippen LogP contribution >= 0.6 is 23.2 Å². The number of amides is 3. The summed E-state index contributed by atoms with van der Waals surface area (Å²) < 4.78 is 0. The van der Waals surface area contributed by atoms with E-state index in [2.05, 4.69) is 5.32 Å². The molecular formula is C29H37Cl2N5O3. The lowest BCUT2D eigenvalue weighted by Crippen LogP contribution is -2.60. The number of likely N-dealkylation sites (N-methyl/N-ethyl adjacent to an activating group) is 1. The number of carbonyl (C=O) groups is 3. The van der Waals surface area contributed by atoms with Crippen LogP contribution < -0.4 is 5.32 Å². The van der Waals surface area contributed by atoms with Gasteiger partial charge >= 0.3 is 0 Å². The highest BCUT2D eigenvalue weighted by Gasteiger charge is 2.44. The lowest BCUT2D eigenvalue weighted by molar-refractivity contribution is -0.148. The van der Waals surface area contributed by atoms with Crippen LogP contribution in [0.5, 0.6) is 0 Å². The Hall–Kier alpha value is -2.34. The maximum Gasteiger partial charge on any atom is 0.242 e. The first-order valence-electron chi connectivity index (χ1n) is 14.1. The Bertz CT molecular complexity index is 1140. The van der Waals surface area contributed by atoms with Crippen LogP contribution in [0.4, 0.5) is 0 Å². The number of carbonyl (C=O) groups excluding carboxylic acids is 3. The Kier molecular flexibility index (Phi) is 8.70. The summed E-state index contributed by atoms with van der Waals surface area (Å²) in [6.07, 6.45) is 6.53. The van der Waals surface area contributed by atoms with Crippen molar-refractivity contribution in [3.8, 4) is 6.07 Å². The van der Waals surface area contributed by atoms with Gasteiger partial charge in [-0.15, -0.1) is 11.6 Å². The van der Waals surface area contributed by atoms with E-state index in [0.717, 1.165) is 63.6 Å². The molecule has 10 heteroatoms. The Morgan fingerprint density at radius 1 is 1.13 bits per heavy atom. The van der Waals surface area contributed by atoms with Crippen molar-refractivity contribution < 1.29 is 14.4 Å². The molecule has 39 heavy (non-hydrogen) atoms. The number of hydrogen-bond donors (Lipinski definition) is 1. The molecule has 2 saturated heterocycles. The van der Waals surface area contributed by atoms with Crippen molar-refractivity contribution >= 4 is 40.9 Å². The summed E-state index contributed by atoms with van der Waals surface area (Å²) in [5.74, 6) is 1.22. The van der Waals surface area contributed by atoms with Gasteiger partial charge in [-0.1, -0.05) is 17.7 Å². The number of hydrogen-bond acceptors (Lipinski definition) is 5. The number of rotatable bonds is 6. The Morgan fingerprint density at radius 3 is 2.54 bits per heavy atom. The van der Waals surface area contributed by atoms with Crippen molar-refractivity contribution in [3.63, 3.8) is 0 Å². The number of halogens is 2. The Labute approximate surface area is 240 Å². The first kappa shape index (κ1) is 28.2. The summed E-state index contributed by atoms with van der Waals surface area (Å²) in [5.41, 5.74) is 1.23. The molecule has 1 aromatic rings. The van der Waals surface area contributed by atoms with Gasteiger partial charge in [0.05, 0.1) is 23.2 Å². The van der Waals surface area contributed by atoms with E-state index in [1.54, 1.807) is 35.0 Å². The molecule has 8 nitrogen and oxygen atoms in total. The average Bonchev–Trinajstić information content (AvgIpc) is 2.92. The Balaban J connectivity index is 1.12. The number of fused-ring (bicyclic) bond motifs is 1. The molecule has 210 valence electrons. The molecule has 5 rings (SSSR count). The van der Waals surface area contributed by atoms with E-state index < -0.39 is 0 Å². The maximum atomic E-state index is 13.5. The third-order valence-corrected chi connectivity index (χ3v) is 10.0. The maximum absolute atomic E-state index is 13.5. The molecule has 3 unspecified atom stereocenters. The van der Waals surface area contributed by atoms with Gasteiger partial charge in [-0.25, -0.2) is 0 Å². The number of likely N-dealkylation sites (tertiary alicyclic amines) is 1. The summed E-state index contributed by atoms with van der Waals surface area (Å²) in [6.45, 7) is 2.38. The molecule has 4 fully saturated rings. The van der Waals surface area contributed by atoms with Gasteiger partial charge in [0.15, 0.2) is 0 Å². The highest BCUT2D eigenvalue weighted by atomic mass is 35.5. The largest absolute Gasteiger partial charge is 0.342 e. The number of nitrogens with one attached hydrogen (secondary N) is 1. The fourth-order valence-electron chi connectivity index (χ4n) is 6.82. The molecule has 0 radical (unpaired) electrons. The molecule has 2 heterocycles. The van der Waals surface area contributed by atoms with Gasteiger partial charge in [0.2, 0.25) is 17.7 Å². The van der Waals surface area contributed by atoms with Crippen molar-refractivity contribution in [3.05, 3.63) is 34.3 Å². The molecule has 1 aromatic carbocycles. The minimum absolute atomic E-state index is 0.0328. The van der Waals surface area contributed by atoms with Gasteiger partial charge in [-0.2, -0.15) is 5.26 Å². The van der Waals surface area contributed by atoms with Crippen LogP contribution in [0, 0.1) is 35.0 Å². The lowest BCUT2D eigenvalue weighted by atomic mass is 9.69. The van der Waals surface area contributed by atoms with Crippen LogP contribution in [0.3, 0.4) is 0 Å². The average molecular weight is 575 g/mol. The van der Waals surface area contributed by atoms with Crippen molar-refractivity contribution in [2.45, 2.75) is 62.9 Å². The number of piperidine rings is 1. The minimum Gasteiger partial charge on any atom is -0.342 e. The van der Waals surface area contributed by atoms with Crippen molar-refractivity contribution in [2.75, 3.05) is 33.4 Å². The lowest BCUT2D eigenvalue weighted by Gasteiger charge is -2.46. The Morgan fingerprint density at radius 2 is 1.87 bits per heavy atom. The molecule has 2 saturated carbocycles. The van der Waals surface area contributed by atoms with E-state index in [1.165, 1.54) is 0 Å². The van der Waals surface area contributed by atoms with E-state index in [-0.39, 0.29) is 47.5 Å². The third-order valence-electron chi connectivity index (χ3n) is 9.34. The molecule has 3 atom stereocenters. The highest BCUT2D eigenvalue weighted by Crippen LogP contribution is 2.41. The monoisotopic (exact) mass is 573 g/mol. The zero-order valence-corrected chi connectivity index (χ0v) is 24.0. The normalized spacial score (nSPS) is 29.3. The van der Waals surface area contributed by atoms with E-state index in [9.17, 15) is 14.4 Å². The van der Waals surface area contributed by atoms with Crippen LogP contribution in [-0.2, 0) is 20.9 Å². The zero-order valence-electron chi connectivity index (χ0n) is 22.5. The molecule has 2 aliphatic heterocycles. The molecule has 0 bridgehead atoms. The first-order chi connectivity index (χ1) is 18.7. The van der Waals surface area contributed by atoms with Gasteiger partial charge in [-0.05, 0) is 74.5 Å². The first-order valence-corrected chi connectivity index (χ1v) is 14.9. The minimum atomic E-state index is -0.138. The fourth-order valence-corrected chi connectivity index (χ4v) is 7.49. The topological polar surface area (TPSA) is 96.8 Å². The van der Waals surface area contributed by atoms with Crippen molar-refractivity contribution in [1.82, 2.24) is 20.0 Å². The third kappa shape index (κ3) is 6.21. The summed E-state index contributed by atoms with van der Waals surface area (Å²) in [5, 5.41) is 13.1. The smallest absolute Gasteiger partial charge is 0.242 e. The van der Waals surface area contributed by atoms with E-state index in [1.807, 2.05) is 11.0 Å². The quantitative estimate of drug-likeness (QED) is 0.524. The molecular weight excluding hydrogens is 537 g/mol. The predicted molar refractivity (Wildman–Crippen MR) is 149 cm³/mol. The van der Waals surface area contributed by atoms with Gasteiger partial charge in [-0.3, -0.25) is 19.7 Å². The van der Waals surface area contributed by atoms with Crippen molar-refractivity contribution in [1.29, 1.82) is 5.26 Å². The summed E-state index contributed by atoms with van der Waals surface area (Å²) in [7, 11) is 1.71. The second kappa shape index (κ2) is 12.0.